The molecule has 0 aliphatic rings. The van der Waals surface area contributed by atoms with Crippen molar-refractivity contribution in [2.45, 2.75) is 59.6 Å². The molecular weight excluding hydrogens is 232 g/mol. The fourth-order valence-corrected chi connectivity index (χ4v) is 1.42. The molecule has 0 spiro atoms. The van der Waals surface area contributed by atoms with Gasteiger partial charge in [-0.05, 0) is 33.6 Å². The van der Waals surface area contributed by atoms with E-state index in [-0.39, 0.29) is 11.8 Å². The quantitative estimate of drug-likeness (QED) is 0.793. The third kappa shape index (κ3) is 6.47. The van der Waals surface area contributed by atoms with Gasteiger partial charge >= 0.3 is 6.09 Å². The fourth-order valence-electron chi connectivity index (χ4n) is 1.42. The molecule has 0 aromatic carbocycles. The highest BCUT2D eigenvalue weighted by Gasteiger charge is 2.27. The van der Waals surface area contributed by atoms with Crippen molar-refractivity contribution in [3.8, 4) is 0 Å². The van der Waals surface area contributed by atoms with Crippen molar-refractivity contribution >= 4 is 12.0 Å². The van der Waals surface area contributed by atoms with Gasteiger partial charge in [-0.25, -0.2) is 4.79 Å². The van der Waals surface area contributed by atoms with Gasteiger partial charge in [-0.2, -0.15) is 0 Å². The molecule has 5 heteroatoms. The minimum Gasteiger partial charge on any atom is -0.444 e. The summed E-state index contributed by atoms with van der Waals surface area (Å²) in [4.78, 5) is 23.5. The highest BCUT2D eigenvalue weighted by atomic mass is 16.6. The first-order valence-corrected chi connectivity index (χ1v) is 6.48. The predicted octanol–water partition coefficient (Wildman–Crippen LogP) is 2.06. The van der Waals surface area contributed by atoms with Crippen molar-refractivity contribution in [1.82, 2.24) is 10.6 Å². The van der Waals surface area contributed by atoms with E-state index in [2.05, 4.69) is 10.6 Å². The molecule has 0 heterocycles. The van der Waals surface area contributed by atoms with E-state index < -0.39 is 17.7 Å². The SMILES string of the molecule is CCNC(=O)[C@H](NC(=O)OC(C)(C)C)[C@H](C)CC. The van der Waals surface area contributed by atoms with Crippen LogP contribution in [0.4, 0.5) is 4.79 Å². The van der Waals surface area contributed by atoms with Gasteiger partial charge in [0.15, 0.2) is 0 Å². The number of hydrogen-bond acceptors (Lipinski definition) is 3. The van der Waals surface area contributed by atoms with Crippen molar-refractivity contribution in [3.63, 3.8) is 0 Å². The molecule has 0 saturated carbocycles. The summed E-state index contributed by atoms with van der Waals surface area (Å²) in [6.07, 6.45) is 0.247. The zero-order chi connectivity index (χ0) is 14.3. The Labute approximate surface area is 110 Å². The lowest BCUT2D eigenvalue weighted by Gasteiger charge is -2.26. The average molecular weight is 258 g/mol. The Balaban J connectivity index is 4.59. The average Bonchev–Trinajstić information content (AvgIpc) is 2.22. The number of rotatable bonds is 5. The minimum absolute atomic E-state index is 0.0593. The molecule has 18 heavy (non-hydrogen) atoms. The molecule has 106 valence electrons. The standard InChI is InChI=1S/C13H26N2O3/c1-7-9(3)10(11(16)14-8-2)15-12(17)18-13(4,5)6/h9-10H,7-8H2,1-6H3,(H,14,16)(H,15,17)/t9-,10-/m1/s1. The molecule has 0 aliphatic carbocycles. The number of nitrogens with one attached hydrogen (secondary N) is 2. The zero-order valence-electron chi connectivity index (χ0n) is 12.3. The molecule has 0 aliphatic heterocycles. The van der Waals surface area contributed by atoms with E-state index in [1.54, 1.807) is 20.8 Å². The fraction of sp³-hybridized carbons (Fsp3) is 0.846. The summed E-state index contributed by atoms with van der Waals surface area (Å²) in [6, 6.07) is -0.551. The van der Waals surface area contributed by atoms with E-state index in [1.807, 2.05) is 20.8 Å². The Hall–Kier alpha value is -1.26. The van der Waals surface area contributed by atoms with Crippen LogP contribution in [0.15, 0.2) is 0 Å². The van der Waals surface area contributed by atoms with Crippen LogP contribution in [0.3, 0.4) is 0 Å². The van der Waals surface area contributed by atoms with Gasteiger partial charge in [0.25, 0.3) is 0 Å². The molecule has 0 saturated heterocycles. The number of carbonyl (C=O) groups is 2. The molecular formula is C13H26N2O3. The van der Waals surface area contributed by atoms with E-state index in [1.165, 1.54) is 0 Å². The molecule has 0 aromatic rings. The van der Waals surface area contributed by atoms with Crippen LogP contribution < -0.4 is 10.6 Å². The Morgan fingerprint density at radius 1 is 1.22 bits per heavy atom. The highest BCUT2D eigenvalue weighted by molar-refractivity contribution is 5.85. The van der Waals surface area contributed by atoms with Crippen molar-refractivity contribution < 1.29 is 14.3 Å². The Kier molecular flexibility index (Phi) is 6.73. The lowest BCUT2D eigenvalue weighted by molar-refractivity contribution is -0.124. The summed E-state index contributed by atoms with van der Waals surface area (Å²) in [7, 11) is 0. The van der Waals surface area contributed by atoms with Gasteiger partial charge in [0, 0.05) is 6.54 Å². The summed E-state index contributed by atoms with van der Waals surface area (Å²) in [5.74, 6) is -0.109. The van der Waals surface area contributed by atoms with Gasteiger partial charge < -0.3 is 15.4 Å². The highest BCUT2D eigenvalue weighted by Crippen LogP contribution is 2.11. The largest absolute Gasteiger partial charge is 0.444 e. The van der Waals surface area contributed by atoms with E-state index in [0.717, 1.165) is 6.42 Å². The second kappa shape index (κ2) is 7.24. The molecule has 0 rings (SSSR count). The van der Waals surface area contributed by atoms with Gasteiger partial charge in [0.05, 0.1) is 0 Å². The third-order valence-electron chi connectivity index (χ3n) is 2.52. The molecule has 2 amide bonds. The molecule has 0 radical (unpaired) electrons. The number of hydrogen-bond donors (Lipinski definition) is 2. The maximum absolute atomic E-state index is 11.9. The molecule has 2 N–H and O–H groups in total. The number of alkyl carbamates (subject to hydrolysis) is 1. The molecule has 0 aromatic heterocycles. The first kappa shape index (κ1) is 16.7. The van der Waals surface area contributed by atoms with Crippen LogP contribution in [0.2, 0.25) is 0 Å². The van der Waals surface area contributed by atoms with E-state index in [9.17, 15) is 9.59 Å². The second-order valence-corrected chi connectivity index (χ2v) is 5.40. The van der Waals surface area contributed by atoms with Gasteiger partial charge in [0.1, 0.15) is 11.6 Å². The second-order valence-electron chi connectivity index (χ2n) is 5.40. The summed E-state index contributed by atoms with van der Waals surface area (Å²) in [5, 5.41) is 5.36. The molecule has 2 atom stereocenters. The van der Waals surface area contributed by atoms with Crippen molar-refractivity contribution in [2.24, 2.45) is 5.92 Å². The molecule has 5 nitrogen and oxygen atoms in total. The summed E-state index contributed by atoms with van der Waals surface area (Å²) in [5.41, 5.74) is -0.564. The van der Waals surface area contributed by atoms with Crippen LogP contribution >= 0.6 is 0 Å². The molecule has 0 fully saturated rings. The van der Waals surface area contributed by atoms with E-state index in [0.29, 0.717) is 6.54 Å². The lowest BCUT2D eigenvalue weighted by Crippen LogP contribution is -2.51. The summed E-state index contributed by atoms with van der Waals surface area (Å²) >= 11 is 0. The van der Waals surface area contributed by atoms with Gasteiger partial charge in [-0.15, -0.1) is 0 Å². The first-order chi connectivity index (χ1) is 8.21. The Morgan fingerprint density at radius 3 is 2.17 bits per heavy atom. The Bertz CT molecular complexity index is 284. The third-order valence-corrected chi connectivity index (χ3v) is 2.52. The maximum Gasteiger partial charge on any atom is 0.408 e. The van der Waals surface area contributed by atoms with Crippen LogP contribution in [0.1, 0.15) is 48.0 Å². The van der Waals surface area contributed by atoms with Crippen LogP contribution in [-0.2, 0) is 9.53 Å². The monoisotopic (exact) mass is 258 g/mol. The van der Waals surface area contributed by atoms with Crippen LogP contribution in [0.5, 0.6) is 0 Å². The lowest BCUT2D eigenvalue weighted by atomic mass is 9.98. The maximum atomic E-state index is 11.9. The van der Waals surface area contributed by atoms with Crippen LogP contribution in [0, 0.1) is 5.92 Å². The topological polar surface area (TPSA) is 67.4 Å². The smallest absolute Gasteiger partial charge is 0.408 e. The summed E-state index contributed by atoms with van der Waals surface area (Å²) < 4.78 is 5.16. The molecule has 0 bridgehead atoms. The van der Waals surface area contributed by atoms with Crippen molar-refractivity contribution in [3.05, 3.63) is 0 Å². The van der Waals surface area contributed by atoms with E-state index >= 15 is 0 Å². The zero-order valence-corrected chi connectivity index (χ0v) is 12.3. The number of amides is 2. The minimum atomic E-state index is -0.564. The van der Waals surface area contributed by atoms with Crippen LogP contribution in [-0.4, -0.2) is 30.2 Å². The Morgan fingerprint density at radius 2 is 1.78 bits per heavy atom. The first-order valence-electron chi connectivity index (χ1n) is 6.48. The number of likely N-dealkylation sites (N-methyl/N-ethyl adjacent to an activating group) is 1. The van der Waals surface area contributed by atoms with Crippen molar-refractivity contribution in [2.75, 3.05) is 6.54 Å². The van der Waals surface area contributed by atoms with E-state index in [4.69, 9.17) is 4.74 Å². The van der Waals surface area contributed by atoms with Crippen molar-refractivity contribution in [1.29, 1.82) is 0 Å². The predicted molar refractivity (Wildman–Crippen MR) is 71.3 cm³/mol. The summed E-state index contributed by atoms with van der Waals surface area (Å²) in [6.45, 7) is 11.7. The number of ether oxygens (including phenoxy) is 1. The van der Waals surface area contributed by atoms with Gasteiger partial charge in [-0.3, -0.25) is 4.79 Å². The van der Waals surface area contributed by atoms with Gasteiger partial charge in [-0.1, -0.05) is 20.3 Å². The molecule has 0 unspecified atom stereocenters. The van der Waals surface area contributed by atoms with Crippen LogP contribution in [0.25, 0.3) is 0 Å². The normalized spacial score (nSPS) is 14.6. The van der Waals surface area contributed by atoms with Gasteiger partial charge in [0.2, 0.25) is 5.91 Å². The number of carbonyl (C=O) groups excluding carboxylic acids is 2.